The average molecular weight is 432 g/mol. The first-order valence-electron chi connectivity index (χ1n) is 7.95. The van der Waals surface area contributed by atoms with Crippen molar-refractivity contribution in [2.24, 2.45) is 0 Å². The summed E-state index contributed by atoms with van der Waals surface area (Å²) in [4.78, 5) is 12.0. The predicted octanol–water partition coefficient (Wildman–Crippen LogP) is 4.84. The van der Waals surface area contributed by atoms with Crippen molar-refractivity contribution < 1.29 is 31.5 Å². The summed E-state index contributed by atoms with van der Waals surface area (Å²) in [6.45, 7) is -0.716. The van der Waals surface area contributed by atoms with Gasteiger partial charge in [0.15, 0.2) is 23.9 Å². The fourth-order valence-corrected chi connectivity index (χ4v) is 2.53. The maximum absolute atomic E-state index is 13.2. The van der Waals surface area contributed by atoms with E-state index in [4.69, 9.17) is 16.3 Å². The van der Waals surface area contributed by atoms with Crippen LogP contribution in [0.1, 0.15) is 5.69 Å². The number of nitrogens with zero attached hydrogens (tertiary/aromatic N) is 2. The number of amides is 1. The molecule has 0 aliphatic carbocycles. The van der Waals surface area contributed by atoms with Gasteiger partial charge in [-0.05, 0) is 24.3 Å². The number of carbonyl (C=O) groups is 1. The van der Waals surface area contributed by atoms with Gasteiger partial charge in [0.25, 0.3) is 5.91 Å². The topological polar surface area (TPSA) is 56.1 Å². The first-order chi connectivity index (χ1) is 13.6. The molecule has 3 aromatic rings. The number of ether oxygens (including phenoxy) is 1. The van der Waals surface area contributed by atoms with Crippen LogP contribution in [-0.4, -0.2) is 22.3 Å². The van der Waals surface area contributed by atoms with E-state index in [0.29, 0.717) is 6.07 Å². The van der Waals surface area contributed by atoms with Crippen molar-refractivity contribution in [3.05, 3.63) is 70.9 Å². The molecule has 0 radical (unpaired) electrons. The molecule has 29 heavy (non-hydrogen) atoms. The van der Waals surface area contributed by atoms with Crippen LogP contribution < -0.4 is 10.1 Å². The second-order valence-electron chi connectivity index (χ2n) is 5.69. The Bertz CT molecular complexity index is 1050. The molecule has 2 aromatic carbocycles. The molecule has 0 fully saturated rings. The van der Waals surface area contributed by atoms with Gasteiger partial charge in [0.05, 0.1) is 10.7 Å². The number of anilines is 1. The number of hydrogen-bond donors (Lipinski definition) is 1. The lowest BCUT2D eigenvalue weighted by atomic mass is 10.3. The second kappa shape index (κ2) is 8.08. The average Bonchev–Trinajstić information content (AvgIpc) is 3.08. The molecule has 5 nitrogen and oxygen atoms in total. The van der Waals surface area contributed by atoms with E-state index in [9.17, 15) is 26.7 Å². The van der Waals surface area contributed by atoms with Gasteiger partial charge >= 0.3 is 6.18 Å². The van der Waals surface area contributed by atoms with Crippen molar-refractivity contribution in [2.45, 2.75) is 6.18 Å². The van der Waals surface area contributed by atoms with Gasteiger partial charge < -0.3 is 10.1 Å². The van der Waals surface area contributed by atoms with Crippen molar-refractivity contribution in [3.8, 4) is 11.6 Å². The third kappa shape index (κ3) is 4.83. The number of halogens is 6. The zero-order valence-corrected chi connectivity index (χ0v) is 15.1. The monoisotopic (exact) mass is 431 g/mol. The molecule has 0 aliphatic rings. The quantitative estimate of drug-likeness (QED) is 0.588. The fourth-order valence-electron chi connectivity index (χ4n) is 2.31. The summed E-state index contributed by atoms with van der Waals surface area (Å²) in [5.41, 5.74) is -1.18. The predicted molar refractivity (Wildman–Crippen MR) is 94.1 cm³/mol. The highest BCUT2D eigenvalue weighted by molar-refractivity contribution is 6.32. The van der Waals surface area contributed by atoms with Crippen LogP contribution >= 0.6 is 11.6 Å². The van der Waals surface area contributed by atoms with E-state index in [1.165, 1.54) is 18.2 Å². The molecule has 0 bridgehead atoms. The van der Waals surface area contributed by atoms with Gasteiger partial charge in [0, 0.05) is 17.8 Å². The molecule has 1 amide bonds. The van der Waals surface area contributed by atoms with Crippen molar-refractivity contribution in [2.75, 3.05) is 11.9 Å². The standard InChI is InChI=1S/C18H11ClF5N3O2/c19-11-3-1-2-4-14(11)27-17(8-15(26-27)18(22,23)24)29-9-16(28)25-10-5-6-12(20)13(21)7-10/h1-8H,9H2,(H,25,28). The number of aromatic nitrogens is 2. The van der Waals surface area contributed by atoms with Crippen LogP contribution in [-0.2, 0) is 11.0 Å². The van der Waals surface area contributed by atoms with Crippen LogP contribution in [0.5, 0.6) is 5.88 Å². The first-order valence-corrected chi connectivity index (χ1v) is 8.33. The van der Waals surface area contributed by atoms with E-state index in [1.807, 2.05) is 0 Å². The van der Waals surface area contributed by atoms with Gasteiger partial charge in [0.1, 0.15) is 0 Å². The first kappa shape index (κ1) is 20.6. The van der Waals surface area contributed by atoms with E-state index in [1.54, 1.807) is 6.07 Å². The summed E-state index contributed by atoms with van der Waals surface area (Å²) < 4.78 is 71.2. The van der Waals surface area contributed by atoms with Crippen molar-refractivity contribution in [3.63, 3.8) is 0 Å². The molecule has 0 saturated carbocycles. The van der Waals surface area contributed by atoms with Crippen molar-refractivity contribution in [1.82, 2.24) is 9.78 Å². The van der Waals surface area contributed by atoms with Gasteiger partial charge in [-0.25, -0.2) is 8.78 Å². The SMILES string of the molecule is O=C(COc1cc(C(F)(F)F)nn1-c1ccccc1Cl)Nc1ccc(F)c(F)c1. The minimum Gasteiger partial charge on any atom is -0.467 e. The van der Waals surface area contributed by atoms with Crippen molar-refractivity contribution >= 4 is 23.2 Å². The Balaban J connectivity index is 1.80. The molecular formula is C18H11ClF5N3O2. The number of nitrogens with one attached hydrogen (secondary N) is 1. The summed E-state index contributed by atoms with van der Waals surface area (Å²) in [6.07, 6.45) is -4.75. The van der Waals surface area contributed by atoms with Gasteiger partial charge in [-0.2, -0.15) is 23.0 Å². The molecular weight excluding hydrogens is 421 g/mol. The lowest BCUT2D eigenvalue weighted by Crippen LogP contribution is -2.21. The summed E-state index contributed by atoms with van der Waals surface area (Å²) >= 11 is 6.01. The number of rotatable bonds is 5. The summed E-state index contributed by atoms with van der Waals surface area (Å²) in [6, 6.07) is 9.29. The van der Waals surface area contributed by atoms with Gasteiger partial charge in [0.2, 0.25) is 5.88 Å². The van der Waals surface area contributed by atoms with E-state index < -0.39 is 36.0 Å². The third-order valence-corrected chi connectivity index (χ3v) is 3.92. The molecule has 1 N–H and O–H groups in total. The maximum atomic E-state index is 13.2. The van der Waals surface area contributed by atoms with Gasteiger partial charge in [-0.3, -0.25) is 4.79 Å². The molecule has 0 unspecified atom stereocenters. The largest absolute Gasteiger partial charge is 0.467 e. The lowest BCUT2D eigenvalue weighted by Gasteiger charge is -2.10. The highest BCUT2D eigenvalue weighted by Gasteiger charge is 2.36. The van der Waals surface area contributed by atoms with Crippen LogP contribution in [0, 0.1) is 11.6 Å². The Kier molecular flexibility index (Phi) is 5.73. The van der Waals surface area contributed by atoms with Gasteiger partial charge in [-0.1, -0.05) is 23.7 Å². The maximum Gasteiger partial charge on any atom is 0.435 e. The van der Waals surface area contributed by atoms with E-state index in [2.05, 4.69) is 10.4 Å². The van der Waals surface area contributed by atoms with Crippen LogP contribution in [0.15, 0.2) is 48.5 Å². The van der Waals surface area contributed by atoms with Gasteiger partial charge in [-0.15, -0.1) is 0 Å². The molecule has 0 spiro atoms. The van der Waals surface area contributed by atoms with Crippen LogP contribution in [0.25, 0.3) is 5.69 Å². The van der Waals surface area contributed by atoms with E-state index >= 15 is 0 Å². The summed E-state index contributed by atoms with van der Waals surface area (Å²) in [7, 11) is 0. The zero-order valence-electron chi connectivity index (χ0n) is 14.3. The summed E-state index contributed by atoms with van der Waals surface area (Å²) in [5, 5.41) is 5.81. The number of benzene rings is 2. The van der Waals surface area contributed by atoms with Crippen LogP contribution in [0.3, 0.4) is 0 Å². The summed E-state index contributed by atoms with van der Waals surface area (Å²) in [5.74, 6) is -3.46. The molecule has 152 valence electrons. The second-order valence-corrected chi connectivity index (χ2v) is 6.10. The number of para-hydroxylation sites is 1. The molecule has 1 heterocycles. The number of hydrogen-bond acceptors (Lipinski definition) is 3. The molecule has 1 aromatic heterocycles. The minimum absolute atomic E-state index is 0.0481. The fraction of sp³-hybridized carbons (Fsp3) is 0.111. The Morgan fingerprint density at radius 2 is 1.83 bits per heavy atom. The van der Waals surface area contributed by atoms with Crippen LogP contribution in [0.4, 0.5) is 27.6 Å². The van der Waals surface area contributed by atoms with E-state index in [0.717, 1.165) is 22.9 Å². The highest BCUT2D eigenvalue weighted by Crippen LogP contribution is 2.33. The zero-order chi connectivity index (χ0) is 21.2. The number of alkyl halides is 3. The molecule has 0 saturated heterocycles. The Morgan fingerprint density at radius 1 is 1.10 bits per heavy atom. The molecule has 3 rings (SSSR count). The Morgan fingerprint density at radius 3 is 2.48 bits per heavy atom. The molecule has 0 atom stereocenters. The van der Waals surface area contributed by atoms with E-state index in [-0.39, 0.29) is 22.3 Å². The lowest BCUT2D eigenvalue weighted by molar-refractivity contribution is -0.141. The third-order valence-electron chi connectivity index (χ3n) is 3.60. The molecule has 0 aliphatic heterocycles. The Labute approximate surface area is 165 Å². The Hall–Kier alpha value is -3.14. The highest BCUT2D eigenvalue weighted by atomic mass is 35.5. The normalized spacial score (nSPS) is 11.4. The van der Waals surface area contributed by atoms with Crippen LogP contribution in [0.2, 0.25) is 5.02 Å². The minimum atomic E-state index is -4.75. The van der Waals surface area contributed by atoms with Crippen molar-refractivity contribution in [1.29, 1.82) is 0 Å². The smallest absolute Gasteiger partial charge is 0.435 e. The molecule has 11 heteroatoms. The number of carbonyl (C=O) groups excluding carboxylic acids is 1.